The highest BCUT2D eigenvalue weighted by Crippen LogP contribution is 2.30. The molecule has 4 rings (SSSR count). The summed E-state index contributed by atoms with van der Waals surface area (Å²) >= 11 is 1.42. The molecule has 2 heterocycles. The number of para-hydroxylation sites is 1. The lowest BCUT2D eigenvalue weighted by Crippen LogP contribution is -2.19. The number of nitrogens with one attached hydrogen (secondary N) is 2. The monoisotopic (exact) mass is 404 g/mol. The molecule has 6 nitrogen and oxygen atoms in total. The average molecular weight is 404 g/mol. The highest BCUT2D eigenvalue weighted by molar-refractivity contribution is 7.20. The molecule has 0 aliphatic heterocycles. The third-order valence-electron chi connectivity index (χ3n) is 4.62. The van der Waals surface area contributed by atoms with Gasteiger partial charge in [0.25, 0.3) is 5.91 Å². The standard InChI is InChI=1S/C22H20N4O2S/c1-14-18-13-19(29-22(18)26(25-14)17-6-4-3-5-7-17)21(28)24-16-10-8-15(9-11-16)12-20(27)23-2/h3-11,13H,12H2,1-2H3,(H,23,27)(H,24,28). The van der Waals surface area contributed by atoms with E-state index in [1.54, 1.807) is 19.2 Å². The van der Waals surface area contributed by atoms with Crippen LogP contribution in [0.3, 0.4) is 0 Å². The number of thiophene rings is 1. The summed E-state index contributed by atoms with van der Waals surface area (Å²) in [6.45, 7) is 1.95. The van der Waals surface area contributed by atoms with Crippen LogP contribution in [0.4, 0.5) is 5.69 Å². The van der Waals surface area contributed by atoms with Gasteiger partial charge in [-0.15, -0.1) is 11.3 Å². The molecule has 0 unspecified atom stereocenters. The van der Waals surface area contributed by atoms with Gasteiger partial charge in [0, 0.05) is 18.1 Å². The quantitative estimate of drug-likeness (QED) is 0.529. The molecule has 0 saturated carbocycles. The van der Waals surface area contributed by atoms with E-state index in [1.165, 1.54) is 11.3 Å². The predicted molar refractivity (Wildman–Crippen MR) is 116 cm³/mol. The molecule has 7 heteroatoms. The maximum absolute atomic E-state index is 12.8. The molecule has 0 saturated heterocycles. The number of rotatable bonds is 5. The number of hydrogen-bond donors (Lipinski definition) is 2. The summed E-state index contributed by atoms with van der Waals surface area (Å²) in [6, 6.07) is 19.1. The Hall–Kier alpha value is -3.45. The summed E-state index contributed by atoms with van der Waals surface area (Å²) in [4.78, 5) is 25.8. The first-order chi connectivity index (χ1) is 14.0. The summed E-state index contributed by atoms with van der Waals surface area (Å²) in [7, 11) is 1.61. The van der Waals surface area contributed by atoms with Crippen LogP contribution in [-0.4, -0.2) is 28.6 Å². The number of fused-ring (bicyclic) bond motifs is 1. The summed E-state index contributed by atoms with van der Waals surface area (Å²) in [5, 5.41) is 11.1. The van der Waals surface area contributed by atoms with Gasteiger partial charge in [0.15, 0.2) is 0 Å². The number of nitrogens with zero attached hydrogens (tertiary/aromatic N) is 2. The zero-order chi connectivity index (χ0) is 20.4. The first-order valence-corrected chi connectivity index (χ1v) is 10.0. The predicted octanol–water partition coefficient (Wildman–Crippen LogP) is 3.94. The van der Waals surface area contributed by atoms with Crippen molar-refractivity contribution in [1.82, 2.24) is 15.1 Å². The molecule has 2 aromatic heterocycles. The molecule has 146 valence electrons. The second-order valence-electron chi connectivity index (χ2n) is 6.66. The summed E-state index contributed by atoms with van der Waals surface area (Å²) in [5.74, 6) is -0.209. The van der Waals surface area contributed by atoms with Crippen LogP contribution in [0.1, 0.15) is 20.9 Å². The van der Waals surface area contributed by atoms with Crippen molar-refractivity contribution in [2.24, 2.45) is 0 Å². The highest BCUT2D eigenvalue weighted by Gasteiger charge is 2.17. The first-order valence-electron chi connectivity index (χ1n) is 9.20. The van der Waals surface area contributed by atoms with Crippen LogP contribution in [0.2, 0.25) is 0 Å². The van der Waals surface area contributed by atoms with Crippen LogP contribution in [0.25, 0.3) is 15.9 Å². The molecular formula is C22H20N4O2S. The van der Waals surface area contributed by atoms with E-state index >= 15 is 0 Å². The van der Waals surface area contributed by atoms with Crippen LogP contribution < -0.4 is 10.6 Å². The van der Waals surface area contributed by atoms with Crippen molar-refractivity contribution >= 4 is 39.1 Å². The number of aryl methyl sites for hydroxylation is 1. The van der Waals surface area contributed by atoms with E-state index in [2.05, 4.69) is 15.7 Å². The van der Waals surface area contributed by atoms with Crippen LogP contribution >= 0.6 is 11.3 Å². The number of anilines is 1. The van der Waals surface area contributed by atoms with E-state index in [9.17, 15) is 9.59 Å². The fourth-order valence-electron chi connectivity index (χ4n) is 3.08. The Morgan fingerprint density at radius 1 is 1.07 bits per heavy atom. The zero-order valence-corrected chi connectivity index (χ0v) is 16.9. The van der Waals surface area contributed by atoms with Crippen LogP contribution in [0.15, 0.2) is 60.7 Å². The SMILES string of the molecule is CNC(=O)Cc1ccc(NC(=O)c2cc3c(C)nn(-c4ccccc4)c3s2)cc1. The lowest BCUT2D eigenvalue weighted by molar-refractivity contribution is -0.119. The summed E-state index contributed by atoms with van der Waals surface area (Å²) in [6.07, 6.45) is 0.316. The Morgan fingerprint density at radius 2 is 1.79 bits per heavy atom. The molecular weight excluding hydrogens is 384 g/mol. The number of likely N-dealkylation sites (N-methyl/N-ethyl adjacent to an activating group) is 1. The molecule has 0 aliphatic carbocycles. The molecule has 2 N–H and O–H groups in total. The van der Waals surface area contributed by atoms with Crippen molar-refractivity contribution in [1.29, 1.82) is 0 Å². The van der Waals surface area contributed by atoms with Crippen molar-refractivity contribution in [2.45, 2.75) is 13.3 Å². The van der Waals surface area contributed by atoms with E-state index in [1.807, 2.05) is 60.1 Å². The maximum Gasteiger partial charge on any atom is 0.265 e. The Balaban J connectivity index is 1.55. The molecule has 0 aliphatic rings. The first kappa shape index (κ1) is 18.9. The number of amides is 2. The van der Waals surface area contributed by atoms with E-state index in [-0.39, 0.29) is 11.8 Å². The Labute approximate surface area is 172 Å². The van der Waals surface area contributed by atoms with Crippen LogP contribution in [0.5, 0.6) is 0 Å². The minimum absolute atomic E-state index is 0.0464. The number of benzene rings is 2. The van der Waals surface area contributed by atoms with Gasteiger partial charge in [-0.05, 0) is 42.8 Å². The molecule has 4 aromatic rings. The van der Waals surface area contributed by atoms with Crippen molar-refractivity contribution in [2.75, 3.05) is 12.4 Å². The van der Waals surface area contributed by atoms with Crippen molar-refractivity contribution in [3.8, 4) is 5.69 Å². The smallest absolute Gasteiger partial charge is 0.265 e. The second kappa shape index (κ2) is 7.89. The zero-order valence-electron chi connectivity index (χ0n) is 16.1. The molecule has 0 fully saturated rings. The van der Waals surface area contributed by atoms with Crippen LogP contribution in [0, 0.1) is 6.92 Å². The molecule has 0 spiro atoms. The summed E-state index contributed by atoms with van der Waals surface area (Å²) in [5.41, 5.74) is 3.43. The Morgan fingerprint density at radius 3 is 2.48 bits per heavy atom. The van der Waals surface area contributed by atoms with E-state index in [4.69, 9.17) is 0 Å². The Bertz CT molecular complexity index is 1180. The molecule has 29 heavy (non-hydrogen) atoms. The topological polar surface area (TPSA) is 76.0 Å². The van der Waals surface area contributed by atoms with Gasteiger partial charge < -0.3 is 10.6 Å². The minimum atomic E-state index is -0.163. The van der Waals surface area contributed by atoms with Gasteiger partial charge in [0.1, 0.15) is 4.83 Å². The lowest BCUT2D eigenvalue weighted by Gasteiger charge is -2.05. The number of carbonyl (C=O) groups is 2. The second-order valence-corrected chi connectivity index (χ2v) is 7.69. The molecule has 2 aromatic carbocycles. The number of carbonyl (C=O) groups excluding carboxylic acids is 2. The van der Waals surface area contributed by atoms with Crippen molar-refractivity contribution in [3.05, 3.63) is 76.8 Å². The third-order valence-corrected chi connectivity index (χ3v) is 5.73. The van der Waals surface area contributed by atoms with Crippen molar-refractivity contribution in [3.63, 3.8) is 0 Å². The van der Waals surface area contributed by atoms with E-state index in [0.29, 0.717) is 17.0 Å². The van der Waals surface area contributed by atoms with Gasteiger partial charge in [-0.3, -0.25) is 9.59 Å². The van der Waals surface area contributed by atoms with Gasteiger partial charge in [-0.25, -0.2) is 4.68 Å². The molecule has 0 bridgehead atoms. The molecule has 0 atom stereocenters. The molecule has 0 radical (unpaired) electrons. The average Bonchev–Trinajstić information content (AvgIpc) is 3.31. The van der Waals surface area contributed by atoms with Gasteiger partial charge >= 0.3 is 0 Å². The normalized spacial score (nSPS) is 10.8. The van der Waals surface area contributed by atoms with E-state index < -0.39 is 0 Å². The van der Waals surface area contributed by atoms with Gasteiger partial charge in [0.2, 0.25) is 5.91 Å². The van der Waals surface area contributed by atoms with Crippen LogP contribution in [-0.2, 0) is 11.2 Å². The Kier molecular flexibility index (Phi) is 5.14. The summed E-state index contributed by atoms with van der Waals surface area (Å²) < 4.78 is 1.87. The fraction of sp³-hybridized carbons (Fsp3) is 0.136. The molecule has 2 amide bonds. The number of hydrogen-bond acceptors (Lipinski definition) is 4. The van der Waals surface area contributed by atoms with Gasteiger partial charge in [-0.1, -0.05) is 30.3 Å². The maximum atomic E-state index is 12.8. The largest absolute Gasteiger partial charge is 0.359 e. The number of aromatic nitrogens is 2. The highest BCUT2D eigenvalue weighted by atomic mass is 32.1. The van der Waals surface area contributed by atoms with E-state index in [0.717, 1.165) is 27.2 Å². The van der Waals surface area contributed by atoms with Crippen molar-refractivity contribution < 1.29 is 9.59 Å². The van der Waals surface area contributed by atoms with Gasteiger partial charge in [0.05, 0.1) is 22.7 Å². The minimum Gasteiger partial charge on any atom is -0.359 e. The fourth-order valence-corrected chi connectivity index (χ4v) is 4.15. The van der Waals surface area contributed by atoms with Gasteiger partial charge in [-0.2, -0.15) is 5.10 Å². The lowest BCUT2D eigenvalue weighted by atomic mass is 10.1. The third kappa shape index (κ3) is 3.90.